The molecule has 0 fully saturated rings. The van der Waals surface area contributed by atoms with Gasteiger partial charge in [0, 0.05) is 35.4 Å². The zero-order valence-corrected chi connectivity index (χ0v) is 14.9. The van der Waals surface area contributed by atoms with Crippen LogP contribution in [0.3, 0.4) is 0 Å². The van der Waals surface area contributed by atoms with Gasteiger partial charge in [0.05, 0.1) is 6.04 Å². The molecular formula is C17H16N4O2S2. The van der Waals surface area contributed by atoms with Crippen molar-refractivity contribution < 1.29 is 8.42 Å². The van der Waals surface area contributed by atoms with E-state index in [4.69, 9.17) is 0 Å². The van der Waals surface area contributed by atoms with Crippen molar-refractivity contribution in [2.75, 3.05) is 0 Å². The molecule has 1 atom stereocenters. The molecule has 0 saturated carbocycles. The molecule has 1 aliphatic carbocycles. The number of fused-ring (bicyclic) bond motifs is 1. The molecule has 4 rings (SSSR count). The van der Waals surface area contributed by atoms with E-state index in [1.165, 1.54) is 11.3 Å². The van der Waals surface area contributed by atoms with Gasteiger partial charge in [-0.1, -0.05) is 6.07 Å². The summed E-state index contributed by atoms with van der Waals surface area (Å²) in [7, 11) is -3.52. The van der Waals surface area contributed by atoms with Crippen LogP contribution in [-0.2, 0) is 16.4 Å². The normalized spacial score (nSPS) is 17.2. The molecule has 0 aliphatic heterocycles. The molecule has 128 valence electrons. The summed E-state index contributed by atoms with van der Waals surface area (Å²) in [5.41, 5.74) is 2.62. The number of sulfonamides is 1. The fourth-order valence-corrected chi connectivity index (χ4v) is 5.22. The van der Waals surface area contributed by atoms with Gasteiger partial charge in [0.2, 0.25) is 0 Å². The minimum atomic E-state index is -3.52. The molecule has 0 radical (unpaired) electrons. The van der Waals surface area contributed by atoms with Crippen LogP contribution >= 0.6 is 11.3 Å². The van der Waals surface area contributed by atoms with Crippen LogP contribution in [0.2, 0.25) is 0 Å². The highest BCUT2D eigenvalue weighted by molar-refractivity contribution is 7.91. The molecule has 1 aliphatic rings. The fourth-order valence-electron chi connectivity index (χ4n) is 2.97. The van der Waals surface area contributed by atoms with Crippen LogP contribution in [0.5, 0.6) is 0 Å². The molecule has 0 spiro atoms. The van der Waals surface area contributed by atoms with Gasteiger partial charge in [-0.05, 0) is 42.8 Å². The lowest BCUT2D eigenvalue weighted by Crippen LogP contribution is -2.31. The van der Waals surface area contributed by atoms with Crippen molar-refractivity contribution in [1.82, 2.24) is 19.7 Å². The van der Waals surface area contributed by atoms with Crippen molar-refractivity contribution in [2.45, 2.75) is 29.5 Å². The molecule has 1 N–H and O–H groups in total. The Bertz CT molecular complexity index is 973. The summed E-state index contributed by atoms with van der Waals surface area (Å²) in [6.45, 7) is 0. The zero-order chi connectivity index (χ0) is 17.3. The lowest BCUT2D eigenvalue weighted by atomic mass is 9.93. The monoisotopic (exact) mass is 372 g/mol. The average Bonchev–Trinajstić information content (AvgIpc) is 3.18. The van der Waals surface area contributed by atoms with Crippen LogP contribution in [0.1, 0.15) is 30.1 Å². The topological polar surface area (TPSA) is 84.8 Å². The van der Waals surface area contributed by atoms with Gasteiger partial charge in [-0.3, -0.25) is 4.98 Å². The van der Waals surface area contributed by atoms with Gasteiger partial charge in [0.25, 0.3) is 10.0 Å². The zero-order valence-electron chi connectivity index (χ0n) is 13.3. The summed E-state index contributed by atoms with van der Waals surface area (Å²) in [5.74, 6) is 0.619. The Morgan fingerprint density at radius 2 is 2.12 bits per heavy atom. The van der Waals surface area contributed by atoms with Crippen LogP contribution in [0.4, 0.5) is 0 Å². The number of nitrogens with zero attached hydrogens (tertiary/aromatic N) is 3. The first-order valence-electron chi connectivity index (χ1n) is 7.95. The largest absolute Gasteiger partial charge is 0.264 e. The predicted molar refractivity (Wildman–Crippen MR) is 95.6 cm³/mol. The van der Waals surface area contributed by atoms with E-state index in [0.29, 0.717) is 10.0 Å². The summed E-state index contributed by atoms with van der Waals surface area (Å²) >= 11 is 1.21. The minimum absolute atomic E-state index is 0.293. The van der Waals surface area contributed by atoms with Crippen LogP contribution in [0, 0.1) is 0 Å². The van der Waals surface area contributed by atoms with Crippen molar-refractivity contribution >= 4 is 21.4 Å². The third-order valence-corrected chi connectivity index (χ3v) is 7.03. The molecule has 0 saturated heterocycles. The molecular weight excluding hydrogens is 356 g/mol. The van der Waals surface area contributed by atoms with E-state index in [9.17, 15) is 8.42 Å². The number of pyridine rings is 1. The quantitative estimate of drug-likeness (QED) is 0.761. The first-order chi connectivity index (χ1) is 12.1. The van der Waals surface area contributed by atoms with Crippen molar-refractivity contribution in [2.24, 2.45) is 0 Å². The number of thiophene rings is 1. The fraction of sp³-hybridized carbons (Fsp3) is 0.235. The van der Waals surface area contributed by atoms with Crippen LogP contribution in [0.15, 0.2) is 52.4 Å². The Balaban J connectivity index is 1.65. The maximum atomic E-state index is 12.5. The molecule has 3 aromatic heterocycles. The third-order valence-electron chi connectivity index (χ3n) is 4.16. The van der Waals surface area contributed by atoms with Crippen molar-refractivity contribution in [3.05, 3.63) is 59.5 Å². The molecule has 0 bridgehead atoms. The second kappa shape index (κ2) is 6.62. The summed E-state index contributed by atoms with van der Waals surface area (Å²) in [4.78, 5) is 13.2. The van der Waals surface area contributed by atoms with Gasteiger partial charge >= 0.3 is 0 Å². The van der Waals surface area contributed by atoms with Crippen LogP contribution in [0.25, 0.3) is 11.4 Å². The van der Waals surface area contributed by atoms with E-state index < -0.39 is 10.0 Å². The number of rotatable bonds is 4. The summed E-state index contributed by atoms with van der Waals surface area (Å²) in [6, 6.07) is 6.81. The lowest BCUT2D eigenvalue weighted by molar-refractivity contribution is 0.501. The Kier molecular flexibility index (Phi) is 4.32. The molecule has 0 amide bonds. The summed E-state index contributed by atoms with van der Waals surface area (Å²) in [6.07, 6.45) is 7.62. The molecule has 0 unspecified atom stereocenters. The van der Waals surface area contributed by atoms with E-state index in [1.807, 2.05) is 12.1 Å². The van der Waals surface area contributed by atoms with Crippen LogP contribution in [-0.4, -0.2) is 23.4 Å². The third kappa shape index (κ3) is 3.33. The number of nitrogens with one attached hydrogen (secondary N) is 1. The van der Waals surface area contributed by atoms with E-state index in [0.717, 1.165) is 36.1 Å². The highest BCUT2D eigenvalue weighted by Gasteiger charge is 2.27. The molecule has 25 heavy (non-hydrogen) atoms. The minimum Gasteiger partial charge on any atom is -0.264 e. The molecule has 6 nitrogen and oxygen atoms in total. The molecule has 3 aromatic rings. The molecule has 0 aromatic carbocycles. The van der Waals surface area contributed by atoms with Crippen molar-refractivity contribution in [3.8, 4) is 11.4 Å². The lowest BCUT2D eigenvalue weighted by Gasteiger charge is -2.25. The van der Waals surface area contributed by atoms with Crippen LogP contribution < -0.4 is 4.72 Å². The Hall–Kier alpha value is -2.16. The van der Waals surface area contributed by atoms with Gasteiger partial charge in [-0.15, -0.1) is 11.3 Å². The Morgan fingerprint density at radius 1 is 1.20 bits per heavy atom. The highest BCUT2D eigenvalue weighted by atomic mass is 32.2. The van der Waals surface area contributed by atoms with E-state index in [-0.39, 0.29) is 6.04 Å². The second-order valence-corrected chi connectivity index (χ2v) is 8.72. The summed E-state index contributed by atoms with van der Waals surface area (Å²) in [5, 5.41) is 1.76. The van der Waals surface area contributed by atoms with Gasteiger partial charge in [0.15, 0.2) is 5.82 Å². The Labute approximate surface area is 150 Å². The molecule has 3 heterocycles. The van der Waals surface area contributed by atoms with Crippen molar-refractivity contribution in [1.29, 1.82) is 0 Å². The molecule has 8 heteroatoms. The average molecular weight is 372 g/mol. The first kappa shape index (κ1) is 16.3. The smallest absolute Gasteiger partial charge is 0.250 e. The van der Waals surface area contributed by atoms with E-state index in [1.54, 1.807) is 36.1 Å². The SMILES string of the molecule is O=S(=O)(N[C@H]1CCCc2nc(-c3cccnc3)ncc21)c1cccs1. The first-order valence-corrected chi connectivity index (χ1v) is 10.3. The predicted octanol–water partition coefficient (Wildman–Crippen LogP) is 2.96. The standard InChI is InChI=1S/C17H16N4O2S2/c22-25(23,16-7-3-9-24-16)21-15-6-1-5-14-13(15)11-19-17(20-14)12-4-2-8-18-10-12/h2-4,7-11,15,21H,1,5-6H2/t15-/m0/s1. The van der Waals surface area contributed by atoms with Gasteiger partial charge < -0.3 is 0 Å². The maximum Gasteiger partial charge on any atom is 0.250 e. The number of hydrogen-bond donors (Lipinski definition) is 1. The van der Waals surface area contributed by atoms with E-state index in [2.05, 4.69) is 19.7 Å². The number of aryl methyl sites for hydroxylation is 1. The van der Waals surface area contributed by atoms with Gasteiger partial charge in [0.1, 0.15) is 4.21 Å². The van der Waals surface area contributed by atoms with E-state index >= 15 is 0 Å². The summed E-state index contributed by atoms with van der Waals surface area (Å²) < 4.78 is 28.1. The van der Waals surface area contributed by atoms with Gasteiger partial charge in [-0.2, -0.15) is 0 Å². The van der Waals surface area contributed by atoms with Crippen molar-refractivity contribution in [3.63, 3.8) is 0 Å². The number of hydrogen-bond acceptors (Lipinski definition) is 6. The highest BCUT2D eigenvalue weighted by Crippen LogP contribution is 2.31. The number of aromatic nitrogens is 3. The maximum absolute atomic E-state index is 12.5. The Morgan fingerprint density at radius 3 is 2.88 bits per heavy atom. The second-order valence-electron chi connectivity index (χ2n) is 5.84. The van der Waals surface area contributed by atoms with Gasteiger partial charge in [-0.25, -0.2) is 23.1 Å².